The molecule has 0 radical (unpaired) electrons. The molecule has 0 saturated carbocycles. The first-order valence-corrected chi connectivity index (χ1v) is 6.38. The first-order chi connectivity index (χ1) is 9.24. The molecule has 1 heterocycles. The predicted octanol–water partition coefficient (Wildman–Crippen LogP) is 3.09. The summed E-state index contributed by atoms with van der Waals surface area (Å²) in [4.78, 5) is 0. The highest BCUT2D eigenvalue weighted by molar-refractivity contribution is 5.51. The van der Waals surface area contributed by atoms with Crippen LogP contribution in [0.1, 0.15) is 23.8 Å². The first kappa shape index (κ1) is 13.5. The van der Waals surface area contributed by atoms with E-state index in [4.69, 9.17) is 9.15 Å². The molecule has 0 aliphatic carbocycles. The van der Waals surface area contributed by atoms with Gasteiger partial charge in [-0.15, -0.1) is 0 Å². The maximum atomic E-state index is 9.34. The largest absolute Gasteiger partial charge is 0.494 e. The van der Waals surface area contributed by atoms with Gasteiger partial charge in [-0.2, -0.15) is 0 Å². The second-order valence-electron chi connectivity index (χ2n) is 4.29. The second-order valence-corrected chi connectivity index (χ2v) is 4.29. The average Bonchev–Trinajstić information content (AvgIpc) is 2.83. The minimum Gasteiger partial charge on any atom is -0.494 e. The van der Waals surface area contributed by atoms with Crippen molar-refractivity contribution >= 4 is 5.69 Å². The van der Waals surface area contributed by atoms with Gasteiger partial charge < -0.3 is 19.6 Å². The summed E-state index contributed by atoms with van der Waals surface area (Å²) >= 11 is 0. The molecule has 1 aromatic carbocycles. The van der Waals surface area contributed by atoms with Gasteiger partial charge >= 0.3 is 0 Å². The fourth-order valence-electron chi connectivity index (χ4n) is 1.88. The van der Waals surface area contributed by atoms with Crippen LogP contribution in [0.4, 0.5) is 5.69 Å². The summed E-state index contributed by atoms with van der Waals surface area (Å²) in [5.74, 6) is 1.64. The van der Waals surface area contributed by atoms with Crippen LogP contribution in [0.2, 0.25) is 0 Å². The molecule has 0 aliphatic heterocycles. The van der Waals surface area contributed by atoms with Gasteiger partial charge in [0, 0.05) is 11.3 Å². The Kier molecular flexibility index (Phi) is 4.47. The van der Waals surface area contributed by atoms with Crippen molar-refractivity contribution in [3.8, 4) is 5.75 Å². The van der Waals surface area contributed by atoms with Crippen molar-refractivity contribution in [3.63, 3.8) is 0 Å². The molecule has 4 heteroatoms. The normalized spacial score (nSPS) is 10.5. The SMILES string of the molecule is CCOc1ccc(NCc2occc2C)cc1CO. The number of nitrogens with one attached hydrogen (secondary N) is 1. The standard InChI is InChI=1S/C15H19NO3/c1-3-18-14-5-4-13(8-12(14)10-17)16-9-15-11(2)6-7-19-15/h4-8,16-17H,3,9-10H2,1-2H3. The molecular formula is C15H19NO3. The van der Waals surface area contributed by atoms with E-state index in [0.717, 1.165) is 28.3 Å². The zero-order valence-corrected chi connectivity index (χ0v) is 11.3. The van der Waals surface area contributed by atoms with E-state index in [1.807, 2.05) is 38.1 Å². The van der Waals surface area contributed by atoms with Gasteiger partial charge in [0.05, 0.1) is 26.0 Å². The lowest BCUT2D eigenvalue weighted by atomic mass is 10.2. The summed E-state index contributed by atoms with van der Waals surface area (Å²) in [5.41, 5.74) is 2.84. The molecule has 0 fully saturated rings. The number of ether oxygens (including phenoxy) is 1. The maximum Gasteiger partial charge on any atom is 0.125 e. The van der Waals surface area contributed by atoms with Gasteiger partial charge in [0.1, 0.15) is 11.5 Å². The van der Waals surface area contributed by atoms with Crippen molar-refractivity contribution in [2.45, 2.75) is 27.0 Å². The first-order valence-electron chi connectivity index (χ1n) is 6.38. The molecule has 0 aliphatic rings. The minimum absolute atomic E-state index is 0.0371. The number of furan rings is 1. The van der Waals surface area contributed by atoms with Gasteiger partial charge in [-0.25, -0.2) is 0 Å². The highest BCUT2D eigenvalue weighted by Crippen LogP contribution is 2.23. The Bertz CT molecular complexity index is 534. The second kappa shape index (κ2) is 6.29. The van der Waals surface area contributed by atoms with E-state index >= 15 is 0 Å². The van der Waals surface area contributed by atoms with Gasteiger partial charge in [0.2, 0.25) is 0 Å². The molecule has 0 saturated heterocycles. The molecule has 2 N–H and O–H groups in total. The van der Waals surface area contributed by atoms with Crippen LogP contribution in [-0.4, -0.2) is 11.7 Å². The monoisotopic (exact) mass is 261 g/mol. The van der Waals surface area contributed by atoms with Gasteiger partial charge in [0.25, 0.3) is 0 Å². The van der Waals surface area contributed by atoms with Gasteiger partial charge in [0.15, 0.2) is 0 Å². The lowest BCUT2D eigenvalue weighted by Crippen LogP contribution is -2.02. The fourth-order valence-corrected chi connectivity index (χ4v) is 1.88. The smallest absolute Gasteiger partial charge is 0.125 e. The highest BCUT2D eigenvalue weighted by atomic mass is 16.5. The van der Waals surface area contributed by atoms with E-state index in [-0.39, 0.29) is 6.61 Å². The third-order valence-corrected chi connectivity index (χ3v) is 2.95. The van der Waals surface area contributed by atoms with E-state index < -0.39 is 0 Å². The van der Waals surface area contributed by atoms with Crippen LogP contribution in [0.25, 0.3) is 0 Å². The van der Waals surface area contributed by atoms with E-state index in [0.29, 0.717) is 13.2 Å². The number of aliphatic hydroxyl groups is 1. The summed E-state index contributed by atoms with van der Waals surface area (Å²) in [6.07, 6.45) is 1.68. The molecule has 102 valence electrons. The molecule has 2 rings (SSSR count). The van der Waals surface area contributed by atoms with Crippen LogP contribution in [0, 0.1) is 6.92 Å². The maximum absolute atomic E-state index is 9.34. The lowest BCUT2D eigenvalue weighted by molar-refractivity contribution is 0.267. The van der Waals surface area contributed by atoms with Crippen LogP contribution in [-0.2, 0) is 13.2 Å². The van der Waals surface area contributed by atoms with Crippen molar-refractivity contribution in [1.82, 2.24) is 0 Å². The Hall–Kier alpha value is -1.94. The van der Waals surface area contributed by atoms with Gasteiger partial charge in [-0.05, 0) is 43.7 Å². The van der Waals surface area contributed by atoms with Crippen LogP contribution in [0.15, 0.2) is 34.9 Å². The summed E-state index contributed by atoms with van der Waals surface area (Å²) in [6, 6.07) is 7.63. The summed E-state index contributed by atoms with van der Waals surface area (Å²) in [5, 5.41) is 12.6. The lowest BCUT2D eigenvalue weighted by Gasteiger charge is -2.11. The van der Waals surface area contributed by atoms with Crippen LogP contribution in [0.3, 0.4) is 0 Å². The van der Waals surface area contributed by atoms with E-state index in [1.165, 1.54) is 0 Å². The number of anilines is 1. The Morgan fingerprint density at radius 3 is 2.79 bits per heavy atom. The molecule has 0 unspecified atom stereocenters. The van der Waals surface area contributed by atoms with Crippen LogP contribution >= 0.6 is 0 Å². The molecule has 1 aromatic heterocycles. The average molecular weight is 261 g/mol. The topological polar surface area (TPSA) is 54.6 Å². The number of hydrogen-bond donors (Lipinski definition) is 2. The zero-order valence-electron chi connectivity index (χ0n) is 11.3. The Morgan fingerprint density at radius 1 is 1.32 bits per heavy atom. The molecule has 2 aromatic rings. The summed E-state index contributed by atoms with van der Waals surface area (Å²) < 4.78 is 10.8. The number of rotatable bonds is 6. The number of benzene rings is 1. The van der Waals surface area contributed by atoms with Crippen molar-refractivity contribution in [1.29, 1.82) is 0 Å². The minimum atomic E-state index is -0.0371. The molecule has 0 spiro atoms. The Balaban J connectivity index is 2.07. The third kappa shape index (κ3) is 3.29. The molecular weight excluding hydrogens is 242 g/mol. The van der Waals surface area contributed by atoms with Crippen LogP contribution in [0.5, 0.6) is 5.75 Å². The number of hydrogen-bond acceptors (Lipinski definition) is 4. The van der Waals surface area contributed by atoms with E-state index in [2.05, 4.69) is 5.32 Å². The van der Waals surface area contributed by atoms with Crippen LogP contribution < -0.4 is 10.1 Å². The van der Waals surface area contributed by atoms with Gasteiger partial charge in [-0.1, -0.05) is 0 Å². The van der Waals surface area contributed by atoms with Gasteiger partial charge in [-0.3, -0.25) is 0 Å². The predicted molar refractivity (Wildman–Crippen MR) is 74.3 cm³/mol. The summed E-state index contributed by atoms with van der Waals surface area (Å²) in [6.45, 7) is 5.11. The zero-order chi connectivity index (χ0) is 13.7. The van der Waals surface area contributed by atoms with E-state index in [9.17, 15) is 5.11 Å². The van der Waals surface area contributed by atoms with E-state index in [1.54, 1.807) is 6.26 Å². The number of aliphatic hydroxyl groups excluding tert-OH is 1. The van der Waals surface area contributed by atoms with Crippen molar-refractivity contribution in [3.05, 3.63) is 47.4 Å². The molecule has 0 bridgehead atoms. The quantitative estimate of drug-likeness (QED) is 0.839. The highest BCUT2D eigenvalue weighted by Gasteiger charge is 2.05. The van der Waals surface area contributed by atoms with Crippen molar-refractivity contribution < 1.29 is 14.3 Å². The molecule has 19 heavy (non-hydrogen) atoms. The van der Waals surface area contributed by atoms with Crippen molar-refractivity contribution in [2.24, 2.45) is 0 Å². The third-order valence-electron chi connectivity index (χ3n) is 2.95. The Labute approximate surface area is 113 Å². The molecule has 0 atom stereocenters. The fraction of sp³-hybridized carbons (Fsp3) is 0.333. The molecule has 4 nitrogen and oxygen atoms in total. The summed E-state index contributed by atoms with van der Waals surface area (Å²) in [7, 11) is 0. The number of aryl methyl sites for hydroxylation is 1. The van der Waals surface area contributed by atoms with Crippen molar-refractivity contribution in [2.75, 3.05) is 11.9 Å². The molecule has 0 amide bonds. The Morgan fingerprint density at radius 2 is 2.16 bits per heavy atom.